The zero-order valence-electron chi connectivity index (χ0n) is 14.7. The summed E-state index contributed by atoms with van der Waals surface area (Å²) < 4.78 is 0. The molecule has 0 fully saturated rings. The molecule has 0 aromatic heterocycles. The van der Waals surface area contributed by atoms with Crippen molar-refractivity contribution in [2.24, 2.45) is 0 Å². The second kappa shape index (κ2) is 17.5. The number of carbonyl (C=O) groups excluding carboxylic acids is 1. The summed E-state index contributed by atoms with van der Waals surface area (Å²) in [7, 11) is 0. The van der Waals surface area contributed by atoms with Crippen molar-refractivity contribution in [3.05, 3.63) is 12.2 Å². The third-order valence-corrected chi connectivity index (χ3v) is 4.04. The number of unbranched alkanes of at least 4 members (excludes halogenated alkanes) is 12. The zero-order valence-corrected chi connectivity index (χ0v) is 14.7. The molecule has 124 valence electrons. The quantitative estimate of drug-likeness (QED) is 0.221. The van der Waals surface area contributed by atoms with Crippen LogP contribution in [0.25, 0.3) is 0 Å². The molecule has 0 saturated carbocycles. The molecule has 0 N–H and O–H groups in total. The molecule has 0 radical (unpaired) electrons. The Morgan fingerprint density at radius 3 is 1.57 bits per heavy atom. The number of Topliss-reactive ketones (excluding diaryl/α,β-unsaturated/α-hetero) is 1. The number of hydrogen-bond donors (Lipinski definition) is 0. The maximum atomic E-state index is 10.8. The van der Waals surface area contributed by atoms with E-state index >= 15 is 0 Å². The zero-order chi connectivity index (χ0) is 15.6. The Labute approximate surface area is 133 Å². The fraction of sp³-hybridized carbons (Fsp3) is 0.850. The van der Waals surface area contributed by atoms with E-state index in [4.69, 9.17) is 0 Å². The maximum Gasteiger partial charge on any atom is 0.129 e. The lowest BCUT2D eigenvalue weighted by Crippen LogP contribution is -1.89. The first kappa shape index (κ1) is 20.4. The Hall–Kier alpha value is -0.590. The lowest BCUT2D eigenvalue weighted by Gasteiger charge is -2.00. The lowest BCUT2D eigenvalue weighted by atomic mass is 10.1. The Kier molecular flexibility index (Phi) is 17.0. The van der Waals surface area contributed by atoms with Crippen molar-refractivity contribution < 1.29 is 4.79 Å². The highest BCUT2D eigenvalue weighted by Crippen LogP contribution is 2.10. The number of hydrogen-bond acceptors (Lipinski definition) is 1. The normalized spacial score (nSPS) is 11.3. The Balaban J connectivity index is 3.07. The minimum Gasteiger partial charge on any atom is -0.300 e. The van der Waals surface area contributed by atoms with Gasteiger partial charge in [0.1, 0.15) is 5.78 Å². The molecule has 0 unspecified atom stereocenters. The summed E-state index contributed by atoms with van der Waals surface area (Å²) in [6.07, 6.45) is 24.1. The predicted octanol–water partition coefficient (Wildman–Crippen LogP) is 7.00. The summed E-state index contributed by atoms with van der Waals surface area (Å²) in [5.41, 5.74) is 0. The molecule has 0 aliphatic carbocycles. The van der Waals surface area contributed by atoms with Crippen LogP contribution < -0.4 is 0 Å². The van der Waals surface area contributed by atoms with E-state index in [1.54, 1.807) is 6.92 Å². The van der Waals surface area contributed by atoms with Gasteiger partial charge in [-0.3, -0.25) is 0 Å². The van der Waals surface area contributed by atoms with Crippen LogP contribution in [0.15, 0.2) is 12.2 Å². The van der Waals surface area contributed by atoms with Crippen LogP contribution in [0.3, 0.4) is 0 Å². The molecule has 0 saturated heterocycles. The van der Waals surface area contributed by atoms with Gasteiger partial charge in [-0.05, 0) is 39.0 Å². The van der Waals surface area contributed by atoms with Gasteiger partial charge in [0, 0.05) is 6.42 Å². The lowest BCUT2D eigenvalue weighted by molar-refractivity contribution is -0.117. The van der Waals surface area contributed by atoms with E-state index in [2.05, 4.69) is 19.1 Å². The smallest absolute Gasteiger partial charge is 0.129 e. The van der Waals surface area contributed by atoms with Gasteiger partial charge < -0.3 is 4.79 Å². The van der Waals surface area contributed by atoms with Gasteiger partial charge in [0.15, 0.2) is 0 Å². The molecule has 0 aliphatic heterocycles. The molecule has 0 rings (SSSR count). The van der Waals surface area contributed by atoms with Crippen LogP contribution in [0.1, 0.15) is 110 Å². The molecule has 0 aromatic carbocycles. The van der Waals surface area contributed by atoms with Gasteiger partial charge in [0.05, 0.1) is 0 Å². The summed E-state index contributed by atoms with van der Waals surface area (Å²) in [4.78, 5) is 10.8. The van der Waals surface area contributed by atoms with E-state index in [1.165, 1.54) is 83.5 Å². The predicted molar refractivity (Wildman–Crippen MR) is 94.8 cm³/mol. The molecule has 0 bridgehead atoms. The number of carbonyl (C=O) groups is 1. The van der Waals surface area contributed by atoms with Crippen molar-refractivity contribution in [3.63, 3.8) is 0 Å². The van der Waals surface area contributed by atoms with Crippen molar-refractivity contribution in [2.75, 3.05) is 0 Å². The van der Waals surface area contributed by atoms with Gasteiger partial charge in [-0.15, -0.1) is 0 Å². The first-order valence-corrected chi connectivity index (χ1v) is 9.41. The summed E-state index contributed by atoms with van der Waals surface area (Å²) in [6.45, 7) is 3.96. The van der Waals surface area contributed by atoms with Crippen molar-refractivity contribution in [1.82, 2.24) is 0 Å². The van der Waals surface area contributed by atoms with Gasteiger partial charge in [-0.2, -0.15) is 0 Å². The molecule has 0 amide bonds. The maximum absolute atomic E-state index is 10.8. The Bertz CT molecular complexity index is 242. The molecule has 21 heavy (non-hydrogen) atoms. The molecule has 0 aliphatic rings. The standard InChI is InChI=1S/C20H38O/c1-3-4-5-6-7-8-9-10-11-12-13-14-15-16-17-18-19-20(2)21/h10-11H,3-9,12-19H2,1-2H3/b11-10-. The van der Waals surface area contributed by atoms with E-state index in [-0.39, 0.29) is 0 Å². The van der Waals surface area contributed by atoms with Crippen molar-refractivity contribution in [3.8, 4) is 0 Å². The number of rotatable bonds is 16. The van der Waals surface area contributed by atoms with Crippen molar-refractivity contribution in [2.45, 2.75) is 110 Å². The van der Waals surface area contributed by atoms with Crippen LogP contribution in [-0.2, 0) is 4.79 Å². The second-order valence-corrected chi connectivity index (χ2v) is 6.39. The summed E-state index contributed by atoms with van der Waals surface area (Å²) in [6, 6.07) is 0. The Morgan fingerprint density at radius 1 is 0.667 bits per heavy atom. The van der Waals surface area contributed by atoms with E-state index in [9.17, 15) is 4.79 Å². The average molecular weight is 295 g/mol. The molecule has 0 atom stereocenters. The number of allylic oxidation sites excluding steroid dienone is 2. The van der Waals surface area contributed by atoms with E-state index in [0.717, 1.165) is 12.8 Å². The monoisotopic (exact) mass is 294 g/mol. The van der Waals surface area contributed by atoms with Crippen LogP contribution in [0.4, 0.5) is 0 Å². The minimum atomic E-state index is 0.338. The minimum absolute atomic E-state index is 0.338. The third-order valence-electron chi connectivity index (χ3n) is 4.04. The summed E-state index contributed by atoms with van der Waals surface area (Å²) in [5, 5.41) is 0. The van der Waals surface area contributed by atoms with Crippen LogP contribution in [0.2, 0.25) is 0 Å². The first-order valence-electron chi connectivity index (χ1n) is 9.41. The van der Waals surface area contributed by atoms with Gasteiger partial charge >= 0.3 is 0 Å². The molecule has 1 nitrogen and oxygen atoms in total. The molecular formula is C20H38O. The molecular weight excluding hydrogens is 256 g/mol. The fourth-order valence-corrected chi connectivity index (χ4v) is 2.62. The first-order chi connectivity index (χ1) is 10.3. The van der Waals surface area contributed by atoms with Gasteiger partial charge in [-0.1, -0.05) is 76.9 Å². The highest BCUT2D eigenvalue weighted by Gasteiger charge is 1.94. The van der Waals surface area contributed by atoms with E-state index in [0.29, 0.717) is 5.78 Å². The highest BCUT2D eigenvalue weighted by molar-refractivity contribution is 5.75. The highest BCUT2D eigenvalue weighted by atomic mass is 16.1. The third kappa shape index (κ3) is 19.4. The molecule has 0 spiro atoms. The molecule has 1 heteroatoms. The SMILES string of the molecule is CCCCCCCC/C=C\CCCCCCCCC(C)=O. The van der Waals surface area contributed by atoms with Crippen LogP contribution >= 0.6 is 0 Å². The number of ketones is 1. The molecule has 0 aromatic rings. The summed E-state index contributed by atoms with van der Waals surface area (Å²) >= 11 is 0. The van der Waals surface area contributed by atoms with Crippen molar-refractivity contribution in [1.29, 1.82) is 0 Å². The fourth-order valence-electron chi connectivity index (χ4n) is 2.62. The van der Waals surface area contributed by atoms with Crippen LogP contribution in [-0.4, -0.2) is 5.78 Å². The molecule has 0 heterocycles. The van der Waals surface area contributed by atoms with Crippen LogP contribution in [0.5, 0.6) is 0 Å². The second-order valence-electron chi connectivity index (χ2n) is 6.39. The van der Waals surface area contributed by atoms with Crippen LogP contribution in [0, 0.1) is 0 Å². The van der Waals surface area contributed by atoms with Gasteiger partial charge in [0.2, 0.25) is 0 Å². The topological polar surface area (TPSA) is 17.1 Å². The summed E-state index contributed by atoms with van der Waals surface area (Å²) in [5.74, 6) is 0.338. The van der Waals surface area contributed by atoms with Gasteiger partial charge in [-0.25, -0.2) is 0 Å². The average Bonchev–Trinajstić information content (AvgIpc) is 2.46. The largest absolute Gasteiger partial charge is 0.300 e. The van der Waals surface area contributed by atoms with E-state index in [1.807, 2.05) is 0 Å². The van der Waals surface area contributed by atoms with E-state index < -0.39 is 0 Å². The van der Waals surface area contributed by atoms with Crippen molar-refractivity contribution >= 4 is 5.78 Å². The van der Waals surface area contributed by atoms with Gasteiger partial charge in [0.25, 0.3) is 0 Å². The Morgan fingerprint density at radius 2 is 1.10 bits per heavy atom.